The molecule has 1 heterocycles. The van der Waals surface area contributed by atoms with Crippen LogP contribution < -0.4 is 10.3 Å². The van der Waals surface area contributed by atoms with Crippen molar-refractivity contribution < 1.29 is 14.6 Å². The molecule has 0 saturated carbocycles. The first-order chi connectivity index (χ1) is 13.6. The predicted molar refractivity (Wildman–Crippen MR) is 106 cm³/mol. The summed E-state index contributed by atoms with van der Waals surface area (Å²) < 4.78 is 5.57. The molecule has 2 aromatic carbocycles. The van der Waals surface area contributed by atoms with Crippen LogP contribution >= 0.6 is 11.8 Å². The van der Waals surface area contributed by atoms with Crippen molar-refractivity contribution in [3.63, 3.8) is 0 Å². The number of carbonyl (C=O) groups is 1. The zero-order chi connectivity index (χ0) is 19.8. The van der Waals surface area contributed by atoms with Crippen molar-refractivity contribution in [1.29, 1.82) is 0 Å². The SMILES string of the molecule is O=C(O)c1ccc(OCCCSc2nnc(Cc3ccccc3)c(=O)[nH]2)cc1. The molecule has 0 spiro atoms. The summed E-state index contributed by atoms with van der Waals surface area (Å²) in [4.78, 5) is 25.7. The molecule has 0 aliphatic rings. The number of aromatic carboxylic acids is 1. The number of H-pyrrole nitrogens is 1. The van der Waals surface area contributed by atoms with E-state index in [-0.39, 0.29) is 11.1 Å². The van der Waals surface area contributed by atoms with Crippen LogP contribution in [0.1, 0.15) is 28.0 Å². The third-order valence-electron chi connectivity index (χ3n) is 3.86. The van der Waals surface area contributed by atoms with Crippen molar-refractivity contribution in [2.45, 2.75) is 18.0 Å². The fraction of sp³-hybridized carbons (Fsp3) is 0.200. The van der Waals surface area contributed by atoms with Crippen LogP contribution in [0, 0.1) is 0 Å². The molecule has 8 heteroatoms. The quantitative estimate of drug-likeness (QED) is 0.422. The highest BCUT2D eigenvalue weighted by atomic mass is 32.2. The van der Waals surface area contributed by atoms with Crippen molar-refractivity contribution in [2.75, 3.05) is 12.4 Å². The van der Waals surface area contributed by atoms with E-state index in [1.165, 1.54) is 23.9 Å². The van der Waals surface area contributed by atoms with Crippen LogP contribution in [0.4, 0.5) is 0 Å². The van der Waals surface area contributed by atoms with E-state index < -0.39 is 5.97 Å². The van der Waals surface area contributed by atoms with Gasteiger partial charge in [0.2, 0.25) is 0 Å². The van der Waals surface area contributed by atoms with E-state index in [0.717, 1.165) is 12.0 Å². The van der Waals surface area contributed by atoms with E-state index in [0.29, 0.717) is 35.4 Å². The maximum absolute atomic E-state index is 12.2. The Bertz CT molecular complexity index is 975. The van der Waals surface area contributed by atoms with Crippen LogP contribution in [0.15, 0.2) is 64.5 Å². The highest BCUT2D eigenvalue weighted by Crippen LogP contribution is 2.15. The van der Waals surface area contributed by atoms with Gasteiger partial charge in [0, 0.05) is 12.2 Å². The molecule has 28 heavy (non-hydrogen) atoms. The zero-order valence-corrected chi connectivity index (χ0v) is 15.8. The second kappa shape index (κ2) is 9.70. The molecule has 144 valence electrons. The van der Waals surface area contributed by atoms with Gasteiger partial charge < -0.3 is 9.84 Å². The van der Waals surface area contributed by atoms with E-state index in [1.54, 1.807) is 12.1 Å². The van der Waals surface area contributed by atoms with Gasteiger partial charge in [-0.05, 0) is 36.2 Å². The van der Waals surface area contributed by atoms with Crippen LogP contribution in [0.25, 0.3) is 0 Å². The Labute approximate surface area is 165 Å². The van der Waals surface area contributed by atoms with Crippen molar-refractivity contribution in [3.05, 3.63) is 81.8 Å². The number of carboxylic acid groups (broad SMARTS) is 1. The smallest absolute Gasteiger partial charge is 0.335 e. The zero-order valence-electron chi connectivity index (χ0n) is 15.0. The summed E-state index contributed by atoms with van der Waals surface area (Å²) in [6, 6.07) is 15.9. The van der Waals surface area contributed by atoms with Gasteiger partial charge in [0.1, 0.15) is 11.4 Å². The highest BCUT2D eigenvalue weighted by Gasteiger charge is 2.07. The van der Waals surface area contributed by atoms with E-state index in [4.69, 9.17) is 9.84 Å². The van der Waals surface area contributed by atoms with Gasteiger partial charge in [0.15, 0.2) is 5.16 Å². The molecule has 0 bridgehead atoms. The summed E-state index contributed by atoms with van der Waals surface area (Å²) in [5.41, 5.74) is 1.40. The normalized spacial score (nSPS) is 10.6. The third kappa shape index (κ3) is 5.68. The Morgan fingerprint density at radius 2 is 1.82 bits per heavy atom. The van der Waals surface area contributed by atoms with Gasteiger partial charge in [0.25, 0.3) is 5.56 Å². The van der Waals surface area contributed by atoms with Gasteiger partial charge in [0.05, 0.1) is 12.2 Å². The minimum absolute atomic E-state index is 0.223. The predicted octanol–water partition coefficient (Wildman–Crippen LogP) is 3.02. The van der Waals surface area contributed by atoms with Gasteiger partial charge in [-0.1, -0.05) is 42.1 Å². The summed E-state index contributed by atoms with van der Waals surface area (Å²) >= 11 is 1.40. The number of benzene rings is 2. The lowest BCUT2D eigenvalue weighted by atomic mass is 10.1. The molecule has 0 amide bonds. The van der Waals surface area contributed by atoms with Gasteiger partial charge in [-0.15, -0.1) is 10.2 Å². The molecule has 7 nitrogen and oxygen atoms in total. The summed E-state index contributed by atoms with van der Waals surface area (Å²) in [7, 11) is 0. The number of nitrogens with zero attached hydrogens (tertiary/aromatic N) is 2. The second-order valence-corrected chi connectivity index (χ2v) is 7.03. The van der Waals surface area contributed by atoms with Crippen LogP contribution in [0.3, 0.4) is 0 Å². The van der Waals surface area contributed by atoms with E-state index in [9.17, 15) is 9.59 Å². The first-order valence-corrected chi connectivity index (χ1v) is 9.69. The molecular formula is C20H19N3O4S. The largest absolute Gasteiger partial charge is 0.494 e. The van der Waals surface area contributed by atoms with Crippen LogP contribution in [-0.2, 0) is 6.42 Å². The Morgan fingerprint density at radius 1 is 1.07 bits per heavy atom. The molecule has 1 aromatic heterocycles. The molecule has 0 aliphatic carbocycles. The molecule has 0 fully saturated rings. The fourth-order valence-corrected chi connectivity index (χ4v) is 3.15. The lowest BCUT2D eigenvalue weighted by molar-refractivity contribution is 0.0697. The lowest BCUT2D eigenvalue weighted by Gasteiger charge is -2.06. The Morgan fingerprint density at radius 3 is 2.50 bits per heavy atom. The van der Waals surface area contributed by atoms with E-state index in [2.05, 4.69) is 15.2 Å². The number of thioether (sulfide) groups is 1. The number of hydrogen-bond donors (Lipinski definition) is 2. The topological polar surface area (TPSA) is 105 Å². The summed E-state index contributed by atoms with van der Waals surface area (Å²) in [6.07, 6.45) is 1.18. The van der Waals surface area contributed by atoms with Crippen molar-refractivity contribution in [2.24, 2.45) is 0 Å². The van der Waals surface area contributed by atoms with Crippen molar-refractivity contribution in [3.8, 4) is 5.75 Å². The Balaban J connectivity index is 1.43. The molecular weight excluding hydrogens is 378 g/mol. The third-order valence-corrected chi connectivity index (χ3v) is 4.81. The molecule has 0 saturated heterocycles. The van der Waals surface area contributed by atoms with Gasteiger partial charge in [-0.25, -0.2) is 4.79 Å². The highest BCUT2D eigenvalue weighted by molar-refractivity contribution is 7.99. The van der Waals surface area contributed by atoms with E-state index in [1.807, 2.05) is 30.3 Å². The molecule has 0 unspecified atom stereocenters. The first kappa shape index (κ1) is 19.6. The molecule has 2 N–H and O–H groups in total. The molecule has 3 aromatic rings. The number of nitrogens with one attached hydrogen (secondary N) is 1. The van der Waals surface area contributed by atoms with Crippen LogP contribution in [0.5, 0.6) is 5.75 Å². The Hall–Kier alpha value is -3.13. The molecule has 0 aliphatic heterocycles. The molecule has 3 rings (SSSR count). The second-order valence-electron chi connectivity index (χ2n) is 5.95. The average molecular weight is 397 g/mol. The minimum Gasteiger partial charge on any atom is -0.494 e. The summed E-state index contributed by atoms with van der Waals surface area (Å²) in [5.74, 6) is 0.358. The first-order valence-electron chi connectivity index (χ1n) is 8.70. The van der Waals surface area contributed by atoms with Crippen LogP contribution in [-0.4, -0.2) is 38.6 Å². The van der Waals surface area contributed by atoms with Crippen molar-refractivity contribution in [1.82, 2.24) is 15.2 Å². The standard InChI is InChI=1S/C20H19N3O4S/c24-18-17(13-14-5-2-1-3-6-14)22-23-20(21-18)28-12-4-11-27-16-9-7-15(8-10-16)19(25)26/h1-3,5-10H,4,11-13H2,(H,25,26)(H,21,23,24). The van der Waals surface area contributed by atoms with Gasteiger partial charge >= 0.3 is 5.97 Å². The average Bonchev–Trinajstić information content (AvgIpc) is 2.71. The van der Waals surface area contributed by atoms with Crippen molar-refractivity contribution >= 4 is 17.7 Å². The number of aromatic nitrogens is 3. The maximum atomic E-state index is 12.2. The molecule has 0 radical (unpaired) electrons. The molecule has 0 atom stereocenters. The van der Waals surface area contributed by atoms with Crippen LogP contribution in [0.2, 0.25) is 0 Å². The summed E-state index contributed by atoms with van der Waals surface area (Å²) in [5, 5.41) is 17.5. The fourth-order valence-electron chi connectivity index (χ4n) is 2.43. The minimum atomic E-state index is -0.965. The van der Waals surface area contributed by atoms with E-state index >= 15 is 0 Å². The number of aromatic amines is 1. The summed E-state index contributed by atoms with van der Waals surface area (Å²) in [6.45, 7) is 0.475. The number of ether oxygens (including phenoxy) is 1. The van der Waals surface area contributed by atoms with Gasteiger partial charge in [-0.3, -0.25) is 9.78 Å². The monoisotopic (exact) mass is 397 g/mol. The number of hydrogen-bond acceptors (Lipinski definition) is 6. The maximum Gasteiger partial charge on any atom is 0.335 e. The lowest BCUT2D eigenvalue weighted by Crippen LogP contribution is -2.18. The Kier molecular flexibility index (Phi) is 6.80. The number of carboxylic acids is 1. The number of rotatable bonds is 9. The van der Waals surface area contributed by atoms with Gasteiger partial charge in [-0.2, -0.15) is 0 Å².